The number of para-hydroxylation sites is 1. The smallest absolute Gasteiger partial charge is 0.221 e. The van der Waals surface area contributed by atoms with E-state index in [1.165, 1.54) is 22.0 Å². The van der Waals surface area contributed by atoms with E-state index in [0.29, 0.717) is 5.95 Å². The average Bonchev–Trinajstić information content (AvgIpc) is 2.83. The maximum Gasteiger partial charge on any atom is 0.221 e. The number of hydrogen-bond acceptors (Lipinski definition) is 3. The van der Waals surface area contributed by atoms with Gasteiger partial charge in [0.25, 0.3) is 0 Å². The molecule has 4 heteroatoms. The van der Waals surface area contributed by atoms with E-state index in [-0.39, 0.29) is 0 Å². The first-order valence-electron chi connectivity index (χ1n) is 7.28. The molecular formula is C18H16N4. The van der Waals surface area contributed by atoms with Crippen molar-refractivity contribution in [2.75, 3.05) is 5.73 Å². The summed E-state index contributed by atoms with van der Waals surface area (Å²) in [5, 5.41) is 2.22. The summed E-state index contributed by atoms with van der Waals surface area (Å²) in [7, 11) is 0. The average molecular weight is 288 g/mol. The number of rotatable bonds is 2. The first-order chi connectivity index (χ1) is 10.7. The lowest BCUT2D eigenvalue weighted by atomic mass is 10.1. The van der Waals surface area contributed by atoms with Crippen LogP contribution in [0.5, 0.6) is 0 Å². The molecular weight excluding hydrogens is 272 g/mol. The molecule has 2 N–H and O–H groups in total. The van der Waals surface area contributed by atoms with Crippen molar-refractivity contribution in [1.82, 2.24) is 14.5 Å². The van der Waals surface area contributed by atoms with Crippen molar-refractivity contribution in [2.24, 2.45) is 0 Å². The molecule has 0 amide bonds. The van der Waals surface area contributed by atoms with Gasteiger partial charge in [-0.2, -0.15) is 4.98 Å². The molecule has 0 radical (unpaired) electrons. The van der Waals surface area contributed by atoms with Crippen LogP contribution in [0.2, 0.25) is 0 Å². The highest BCUT2D eigenvalue weighted by molar-refractivity contribution is 6.07. The van der Waals surface area contributed by atoms with Crippen molar-refractivity contribution < 1.29 is 0 Å². The zero-order chi connectivity index (χ0) is 15.1. The molecule has 0 aliphatic rings. The molecule has 4 rings (SSSR count). The van der Waals surface area contributed by atoms with Gasteiger partial charge in [-0.1, -0.05) is 48.5 Å². The molecule has 0 fully saturated rings. The Morgan fingerprint density at radius 2 is 1.82 bits per heavy atom. The number of aromatic nitrogens is 3. The molecule has 2 aromatic heterocycles. The molecule has 4 aromatic rings. The predicted octanol–water partition coefficient (Wildman–Crippen LogP) is 3.52. The Kier molecular flexibility index (Phi) is 2.82. The number of hydrogen-bond donors (Lipinski definition) is 1. The zero-order valence-electron chi connectivity index (χ0n) is 12.3. The molecule has 0 saturated heterocycles. The van der Waals surface area contributed by atoms with Gasteiger partial charge >= 0.3 is 0 Å². The molecule has 108 valence electrons. The lowest BCUT2D eigenvalue weighted by Crippen LogP contribution is -2.03. The van der Waals surface area contributed by atoms with Crippen LogP contribution in [0.3, 0.4) is 0 Å². The van der Waals surface area contributed by atoms with Crippen LogP contribution in [0.25, 0.3) is 21.9 Å². The highest BCUT2D eigenvalue weighted by atomic mass is 15.1. The van der Waals surface area contributed by atoms with E-state index >= 15 is 0 Å². The summed E-state index contributed by atoms with van der Waals surface area (Å²) in [6.45, 7) is 2.89. The number of nitrogens with zero attached hydrogens (tertiary/aromatic N) is 3. The summed E-state index contributed by atoms with van der Waals surface area (Å²) in [5.74, 6) is 0.308. The third-order valence-corrected chi connectivity index (χ3v) is 4.02. The van der Waals surface area contributed by atoms with Crippen molar-refractivity contribution in [3.8, 4) is 0 Å². The summed E-state index contributed by atoms with van der Waals surface area (Å²) >= 11 is 0. The first-order valence-corrected chi connectivity index (χ1v) is 7.28. The normalized spacial score (nSPS) is 11.3. The van der Waals surface area contributed by atoms with E-state index < -0.39 is 0 Å². The monoisotopic (exact) mass is 288 g/mol. The van der Waals surface area contributed by atoms with Crippen molar-refractivity contribution in [3.05, 3.63) is 65.9 Å². The van der Waals surface area contributed by atoms with Crippen molar-refractivity contribution in [2.45, 2.75) is 13.5 Å². The molecule has 0 saturated carbocycles. The van der Waals surface area contributed by atoms with Gasteiger partial charge in [0.05, 0.1) is 5.52 Å². The molecule has 4 nitrogen and oxygen atoms in total. The minimum atomic E-state index is 0.308. The quantitative estimate of drug-likeness (QED) is 0.614. The van der Waals surface area contributed by atoms with Gasteiger partial charge in [0.2, 0.25) is 5.95 Å². The van der Waals surface area contributed by atoms with Crippen LogP contribution in [0.15, 0.2) is 54.7 Å². The Morgan fingerprint density at radius 3 is 2.64 bits per heavy atom. The van der Waals surface area contributed by atoms with Gasteiger partial charge in [0.15, 0.2) is 0 Å². The molecule has 0 unspecified atom stereocenters. The second kappa shape index (κ2) is 4.84. The molecule has 22 heavy (non-hydrogen) atoms. The SMILES string of the molecule is Cc1cccc2c3cnc(N)nc3n(Cc3ccccc3)c12. The fourth-order valence-corrected chi connectivity index (χ4v) is 3.04. The van der Waals surface area contributed by atoms with Crippen LogP contribution < -0.4 is 5.73 Å². The van der Waals surface area contributed by atoms with Gasteiger partial charge in [-0.15, -0.1) is 0 Å². The van der Waals surface area contributed by atoms with Crippen molar-refractivity contribution >= 4 is 27.9 Å². The maximum absolute atomic E-state index is 5.81. The predicted molar refractivity (Wildman–Crippen MR) is 89.7 cm³/mol. The number of anilines is 1. The molecule has 2 heterocycles. The fraction of sp³-hybridized carbons (Fsp3) is 0.111. The van der Waals surface area contributed by atoms with E-state index in [1.54, 1.807) is 0 Å². The fourth-order valence-electron chi connectivity index (χ4n) is 3.04. The molecule has 0 aliphatic heterocycles. The maximum atomic E-state index is 5.81. The van der Waals surface area contributed by atoms with Gasteiger partial charge < -0.3 is 10.3 Å². The van der Waals surface area contributed by atoms with Gasteiger partial charge in [-0.05, 0) is 18.1 Å². The highest BCUT2D eigenvalue weighted by Crippen LogP contribution is 2.30. The largest absolute Gasteiger partial charge is 0.368 e. The number of nitrogen functional groups attached to an aromatic ring is 1. The van der Waals surface area contributed by atoms with E-state index in [0.717, 1.165) is 17.6 Å². The third kappa shape index (κ3) is 1.92. The second-order valence-corrected chi connectivity index (χ2v) is 5.51. The van der Waals surface area contributed by atoms with Gasteiger partial charge in [0.1, 0.15) is 5.65 Å². The van der Waals surface area contributed by atoms with Crippen molar-refractivity contribution in [3.63, 3.8) is 0 Å². The summed E-state index contributed by atoms with van der Waals surface area (Å²) < 4.78 is 2.23. The molecule has 2 aromatic carbocycles. The standard InChI is InChI=1S/C18H16N4/c1-12-6-5-9-14-15-10-20-18(19)21-17(15)22(16(12)14)11-13-7-3-2-4-8-13/h2-10H,11H2,1H3,(H2,19,20,21). The molecule has 0 spiro atoms. The molecule has 0 bridgehead atoms. The van der Waals surface area contributed by atoms with Gasteiger partial charge in [-0.3, -0.25) is 0 Å². The number of aryl methyl sites for hydroxylation is 1. The van der Waals surface area contributed by atoms with E-state index in [4.69, 9.17) is 5.73 Å². The van der Waals surface area contributed by atoms with E-state index in [1.807, 2.05) is 12.3 Å². The van der Waals surface area contributed by atoms with E-state index in [2.05, 4.69) is 63.9 Å². The van der Waals surface area contributed by atoms with Gasteiger partial charge in [-0.25, -0.2) is 4.98 Å². The van der Waals surface area contributed by atoms with Crippen LogP contribution in [0.1, 0.15) is 11.1 Å². The van der Waals surface area contributed by atoms with Crippen LogP contribution in [-0.4, -0.2) is 14.5 Å². The summed E-state index contributed by atoms with van der Waals surface area (Å²) in [6, 6.07) is 16.7. The number of nitrogens with two attached hydrogens (primary N) is 1. The van der Waals surface area contributed by atoms with Crippen LogP contribution in [0, 0.1) is 6.92 Å². The van der Waals surface area contributed by atoms with Gasteiger partial charge in [0, 0.05) is 23.5 Å². The van der Waals surface area contributed by atoms with Crippen molar-refractivity contribution in [1.29, 1.82) is 0 Å². The number of fused-ring (bicyclic) bond motifs is 3. The third-order valence-electron chi connectivity index (χ3n) is 4.02. The topological polar surface area (TPSA) is 56.7 Å². The Labute approximate surface area is 128 Å². The zero-order valence-corrected chi connectivity index (χ0v) is 12.3. The number of benzene rings is 2. The Balaban J connectivity index is 2.06. The minimum absolute atomic E-state index is 0.308. The van der Waals surface area contributed by atoms with E-state index in [9.17, 15) is 0 Å². The molecule has 0 aliphatic carbocycles. The highest BCUT2D eigenvalue weighted by Gasteiger charge is 2.14. The first kappa shape index (κ1) is 12.8. The summed E-state index contributed by atoms with van der Waals surface area (Å²) in [6.07, 6.45) is 1.82. The second-order valence-electron chi connectivity index (χ2n) is 5.51. The summed E-state index contributed by atoms with van der Waals surface area (Å²) in [5.41, 5.74) is 10.4. The Morgan fingerprint density at radius 1 is 1.00 bits per heavy atom. The van der Waals surface area contributed by atoms with Crippen LogP contribution >= 0.6 is 0 Å². The minimum Gasteiger partial charge on any atom is -0.368 e. The van der Waals surface area contributed by atoms with Crippen LogP contribution in [-0.2, 0) is 6.54 Å². The summed E-state index contributed by atoms with van der Waals surface area (Å²) in [4.78, 5) is 8.64. The Bertz CT molecular complexity index is 971. The van der Waals surface area contributed by atoms with Crippen LogP contribution in [0.4, 0.5) is 5.95 Å². The molecule has 0 atom stereocenters. The lowest BCUT2D eigenvalue weighted by Gasteiger charge is -2.08. The lowest BCUT2D eigenvalue weighted by molar-refractivity contribution is 0.852. The Hall–Kier alpha value is -2.88.